The van der Waals surface area contributed by atoms with Gasteiger partial charge < -0.3 is 19.5 Å². The number of amides is 1. The second-order valence-corrected chi connectivity index (χ2v) is 5.30. The second-order valence-electron chi connectivity index (χ2n) is 5.30. The molecule has 1 amide bonds. The van der Waals surface area contributed by atoms with E-state index in [0.29, 0.717) is 0 Å². The highest BCUT2D eigenvalue weighted by atomic mass is 19.3. The lowest BCUT2D eigenvalue weighted by molar-refractivity contribution is -0.286. The van der Waals surface area contributed by atoms with E-state index in [4.69, 9.17) is 0 Å². The average molecular weight is 407 g/mol. The molecule has 1 heterocycles. The van der Waals surface area contributed by atoms with Gasteiger partial charge in [-0.2, -0.15) is 0 Å². The van der Waals surface area contributed by atoms with Crippen molar-refractivity contribution < 1.29 is 50.1 Å². The first-order valence-corrected chi connectivity index (χ1v) is 7.27. The van der Waals surface area contributed by atoms with Gasteiger partial charge in [0.15, 0.2) is 41.4 Å². The van der Waals surface area contributed by atoms with Crippen LogP contribution in [0.2, 0.25) is 0 Å². The van der Waals surface area contributed by atoms with Crippen LogP contribution < -0.4 is 14.8 Å². The van der Waals surface area contributed by atoms with Crippen LogP contribution >= 0.6 is 0 Å². The van der Waals surface area contributed by atoms with E-state index in [0.717, 1.165) is 12.1 Å². The second kappa shape index (κ2) is 6.94. The number of fused-ring (bicyclic) bond motifs is 1. The maximum absolute atomic E-state index is 13.5. The van der Waals surface area contributed by atoms with Crippen LogP contribution in [0.25, 0.3) is 0 Å². The number of esters is 1. The van der Waals surface area contributed by atoms with Gasteiger partial charge in [-0.15, -0.1) is 8.78 Å². The van der Waals surface area contributed by atoms with Crippen LogP contribution in [-0.2, 0) is 9.53 Å². The van der Waals surface area contributed by atoms with E-state index >= 15 is 0 Å². The number of nitrogens with one attached hydrogen (secondary N) is 1. The molecule has 0 saturated heterocycles. The summed E-state index contributed by atoms with van der Waals surface area (Å²) in [6.07, 6.45) is -3.86. The average Bonchev–Trinajstić information content (AvgIpc) is 2.94. The molecule has 0 saturated carbocycles. The Bertz CT molecular complexity index is 980. The molecule has 28 heavy (non-hydrogen) atoms. The molecule has 12 heteroatoms. The lowest BCUT2D eigenvalue weighted by atomic mass is 10.2. The first kappa shape index (κ1) is 19.3. The summed E-state index contributed by atoms with van der Waals surface area (Å²) in [5.74, 6) is -11.4. The Morgan fingerprint density at radius 1 is 0.964 bits per heavy atom. The predicted molar refractivity (Wildman–Crippen MR) is 77.8 cm³/mol. The minimum Gasteiger partial charge on any atom is -0.452 e. The van der Waals surface area contributed by atoms with Gasteiger partial charge in [-0.1, -0.05) is 0 Å². The highest BCUT2D eigenvalue weighted by Crippen LogP contribution is 2.42. The summed E-state index contributed by atoms with van der Waals surface area (Å²) in [7, 11) is 0. The maximum atomic E-state index is 13.5. The standard InChI is InChI=1S/C16H7F6NO5/c17-8-4-7(12(18)14(20)13(8)19)15(25)26-5-11(24)23-6-1-2-9-10(3-6)28-16(21,22)27-9/h1-4H,5H2,(H,23,24). The fraction of sp³-hybridized carbons (Fsp3) is 0.125. The lowest BCUT2D eigenvalue weighted by Gasteiger charge is -2.08. The molecule has 0 fully saturated rings. The third kappa shape index (κ3) is 3.80. The zero-order valence-electron chi connectivity index (χ0n) is 13.3. The number of benzene rings is 2. The normalized spacial score (nSPS) is 13.9. The lowest BCUT2D eigenvalue weighted by Crippen LogP contribution is -2.25. The van der Waals surface area contributed by atoms with E-state index in [1.807, 2.05) is 0 Å². The fourth-order valence-electron chi connectivity index (χ4n) is 2.15. The van der Waals surface area contributed by atoms with Crippen molar-refractivity contribution in [2.24, 2.45) is 0 Å². The third-order valence-corrected chi connectivity index (χ3v) is 3.34. The number of alkyl halides is 2. The Labute approximate surface area is 151 Å². The molecule has 0 spiro atoms. The third-order valence-electron chi connectivity index (χ3n) is 3.34. The molecule has 0 aliphatic carbocycles. The van der Waals surface area contributed by atoms with Crippen LogP contribution in [-0.4, -0.2) is 24.8 Å². The summed E-state index contributed by atoms with van der Waals surface area (Å²) < 4.78 is 91.1. The Balaban J connectivity index is 1.62. The minimum atomic E-state index is -3.86. The van der Waals surface area contributed by atoms with Crippen molar-refractivity contribution in [2.75, 3.05) is 11.9 Å². The summed E-state index contributed by atoms with van der Waals surface area (Å²) in [5.41, 5.74) is -1.29. The maximum Gasteiger partial charge on any atom is 0.586 e. The molecule has 2 aromatic rings. The van der Waals surface area contributed by atoms with Gasteiger partial charge in [0.05, 0.1) is 0 Å². The largest absolute Gasteiger partial charge is 0.586 e. The molecule has 148 valence electrons. The number of carbonyl (C=O) groups excluding carboxylic acids is 2. The number of carbonyl (C=O) groups is 2. The molecular formula is C16H7F6NO5. The van der Waals surface area contributed by atoms with E-state index in [-0.39, 0.29) is 23.3 Å². The van der Waals surface area contributed by atoms with E-state index in [9.17, 15) is 35.9 Å². The number of ether oxygens (including phenoxy) is 3. The summed E-state index contributed by atoms with van der Waals surface area (Å²) in [4.78, 5) is 23.4. The number of anilines is 1. The number of hydrogen-bond acceptors (Lipinski definition) is 5. The molecule has 6 nitrogen and oxygen atoms in total. The van der Waals surface area contributed by atoms with Crippen molar-refractivity contribution in [3.05, 3.63) is 53.1 Å². The summed E-state index contributed by atoms with van der Waals surface area (Å²) in [6.45, 7) is -1.02. The van der Waals surface area contributed by atoms with Crippen LogP contribution in [0.3, 0.4) is 0 Å². The van der Waals surface area contributed by atoms with E-state index in [2.05, 4.69) is 19.5 Å². The van der Waals surface area contributed by atoms with Gasteiger partial charge in [0.25, 0.3) is 5.91 Å². The highest BCUT2D eigenvalue weighted by Gasteiger charge is 2.43. The topological polar surface area (TPSA) is 73.9 Å². The molecule has 2 aromatic carbocycles. The van der Waals surface area contributed by atoms with Gasteiger partial charge in [-0.3, -0.25) is 4.79 Å². The number of halogens is 6. The summed E-state index contributed by atoms with van der Waals surface area (Å²) in [6, 6.07) is 3.33. The summed E-state index contributed by atoms with van der Waals surface area (Å²) >= 11 is 0. The molecule has 0 aromatic heterocycles. The SMILES string of the molecule is O=C(COC(=O)c1cc(F)c(F)c(F)c1F)Nc1ccc2c(c1)OC(F)(F)O2. The first-order valence-electron chi connectivity index (χ1n) is 7.27. The smallest absolute Gasteiger partial charge is 0.452 e. The van der Waals surface area contributed by atoms with Gasteiger partial charge in [0.2, 0.25) is 0 Å². The van der Waals surface area contributed by atoms with Gasteiger partial charge in [-0.25, -0.2) is 22.4 Å². The molecule has 0 radical (unpaired) electrons. The van der Waals surface area contributed by atoms with E-state index in [1.54, 1.807) is 0 Å². The van der Waals surface area contributed by atoms with E-state index < -0.39 is 53.6 Å². The molecule has 1 aliphatic rings. The highest BCUT2D eigenvalue weighted by molar-refractivity contribution is 5.95. The Morgan fingerprint density at radius 2 is 1.64 bits per heavy atom. The number of rotatable bonds is 4. The van der Waals surface area contributed by atoms with Crippen molar-refractivity contribution in [1.82, 2.24) is 0 Å². The number of hydrogen-bond donors (Lipinski definition) is 1. The fourth-order valence-corrected chi connectivity index (χ4v) is 2.15. The molecule has 0 unspecified atom stereocenters. The van der Waals surface area contributed by atoms with Crippen molar-refractivity contribution >= 4 is 17.6 Å². The monoisotopic (exact) mass is 407 g/mol. The van der Waals surface area contributed by atoms with Crippen LogP contribution in [0.5, 0.6) is 11.5 Å². The minimum absolute atomic E-state index is 0.0360. The van der Waals surface area contributed by atoms with Gasteiger partial charge in [0, 0.05) is 11.8 Å². The Morgan fingerprint density at radius 3 is 2.36 bits per heavy atom. The molecule has 0 atom stereocenters. The van der Waals surface area contributed by atoms with Crippen molar-refractivity contribution in [3.63, 3.8) is 0 Å². The molecule has 3 rings (SSSR count). The van der Waals surface area contributed by atoms with Crippen LogP contribution in [0, 0.1) is 23.3 Å². The predicted octanol–water partition coefficient (Wildman–Crippen LogP) is 3.36. The van der Waals surface area contributed by atoms with Crippen molar-refractivity contribution in [1.29, 1.82) is 0 Å². The van der Waals surface area contributed by atoms with Crippen LogP contribution in [0.4, 0.5) is 32.0 Å². The van der Waals surface area contributed by atoms with Gasteiger partial charge in [0.1, 0.15) is 5.56 Å². The molecule has 1 N–H and O–H groups in total. The Hall–Kier alpha value is -3.44. The van der Waals surface area contributed by atoms with Gasteiger partial charge in [-0.05, 0) is 18.2 Å². The Kier molecular flexibility index (Phi) is 4.79. The first-order chi connectivity index (χ1) is 13.1. The van der Waals surface area contributed by atoms with Crippen LogP contribution in [0.1, 0.15) is 10.4 Å². The molecular weight excluding hydrogens is 400 g/mol. The zero-order valence-corrected chi connectivity index (χ0v) is 13.3. The zero-order chi connectivity index (χ0) is 20.6. The molecule has 0 bridgehead atoms. The summed E-state index contributed by atoms with van der Waals surface area (Å²) in [5, 5.41) is 2.15. The van der Waals surface area contributed by atoms with Crippen LogP contribution in [0.15, 0.2) is 24.3 Å². The molecule has 1 aliphatic heterocycles. The van der Waals surface area contributed by atoms with Crippen molar-refractivity contribution in [3.8, 4) is 11.5 Å². The van der Waals surface area contributed by atoms with Crippen molar-refractivity contribution in [2.45, 2.75) is 6.29 Å². The quantitative estimate of drug-likeness (QED) is 0.364. The van der Waals surface area contributed by atoms with E-state index in [1.165, 1.54) is 6.07 Å². The van der Waals surface area contributed by atoms with Gasteiger partial charge >= 0.3 is 12.3 Å².